The van der Waals surface area contributed by atoms with E-state index in [-0.39, 0.29) is 6.10 Å². The van der Waals surface area contributed by atoms with Crippen LogP contribution in [0.5, 0.6) is 0 Å². The molecular weight excluding hydrogens is 534 g/mol. The monoisotopic (exact) mass is 579 g/mol. The predicted octanol–water partition coefficient (Wildman–Crippen LogP) is 7.52. The van der Waals surface area contributed by atoms with Crippen molar-refractivity contribution in [3.8, 4) is 11.6 Å². The Hall–Kier alpha value is -3.94. The molecule has 0 saturated heterocycles. The topological polar surface area (TPSA) is 59.0 Å². The molecule has 5 heterocycles. The van der Waals surface area contributed by atoms with E-state index in [1.807, 2.05) is 0 Å². The summed E-state index contributed by atoms with van der Waals surface area (Å²) in [4.78, 5) is 9.91. The van der Waals surface area contributed by atoms with Gasteiger partial charge in [0, 0.05) is 40.7 Å². The predicted molar refractivity (Wildman–Crippen MR) is 172 cm³/mol. The van der Waals surface area contributed by atoms with Gasteiger partial charge in [-0.15, -0.1) is 0 Å². The average Bonchev–Trinajstić information content (AvgIpc) is 3.59. The van der Waals surface area contributed by atoms with E-state index in [0.29, 0.717) is 19.8 Å². The molecule has 7 heteroatoms. The SMILES string of the molecule is Cc1cc(COCC(CCn2c(C)ccc2C)OCc2cc(C)cc(-n3c(C)ccc3C)n2)nc(-n2c(C)ccc2C)c1. The van der Waals surface area contributed by atoms with Crippen molar-refractivity contribution in [1.29, 1.82) is 0 Å². The van der Waals surface area contributed by atoms with Crippen molar-refractivity contribution >= 4 is 0 Å². The first-order valence-electron chi connectivity index (χ1n) is 15.2. The molecule has 0 aromatic carbocycles. The van der Waals surface area contributed by atoms with Crippen LogP contribution in [0.15, 0.2) is 60.7 Å². The fraction of sp³-hybridized carbons (Fsp3) is 0.389. The molecule has 0 spiro atoms. The van der Waals surface area contributed by atoms with Gasteiger partial charge in [0.25, 0.3) is 0 Å². The zero-order chi connectivity index (χ0) is 30.7. The summed E-state index contributed by atoms with van der Waals surface area (Å²) < 4.78 is 19.5. The number of hydrogen-bond acceptors (Lipinski definition) is 4. The fourth-order valence-electron chi connectivity index (χ4n) is 5.91. The van der Waals surface area contributed by atoms with Crippen LogP contribution in [0, 0.1) is 55.4 Å². The Kier molecular flexibility index (Phi) is 9.33. The molecule has 7 nitrogen and oxygen atoms in total. The number of ether oxygens (including phenoxy) is 2. The highest BCUT2D eigenvalue weighted by molar-refractivity contribution is 5.36. The maximum absolute atomic E-state index is 6.54. The third kappa shape index (κ3) is 7.17. The molecule has 0 fully saturated rings. The number of hydrogen-bond donors (Lipinski definition) is 0. The summed E-state index contributed by atoms with van der Waals surface area (Å²) in [5, 5.41) is 0. The maximum Gasteiger partial charge on any atom is 0.137 e. The molecule has 0 radical (unpaired) electrons. The fourth-order valence-corrected chi connectivity index (χ4v) is 5.91. The minimum Gasteiger partial charge on any atom is -0.372 e. The molecule has 5 rings (SSSR count). The summed E-state index contributed by atoms with van der Waals surface area (Å²) in [6.45, 7) is 19.1. The third-order valence-electron chi connectivity index (χ3n) is 8.13. The number of aryl methyl sites for hydroxylation is 8. The van der Waals surface area contributed by atoms with Gasteiger partial charge in [-0.25, -0.2) is 9.97 Å². The molecule has 5 aromatic rings. The highest BCUT2D eigenvalue weighted by Gasteiger charge is 2.15. The normalized spacial score (nSPS) is 12.3. The first-order chi connectivity index (χ1) is 20.6. The lowest BCUT2D eigenvalue weighted by molar-refractivity contribution is -0.0366. The summed E-state index contributed by atoms with van der Waals surface area (Å²) in [5.41, 5.74) is 11.3. The van der Waals surface area contributed by atoms with E-state index in [0.717, 1.165) is 47.1 Å². The van der Waals surface area contributed by atoms with Crippen LogP contribution in [-0.4, -0.2) is 36.4 Å². The summed E-state index contributed by atoms with van der Waals surface area (Å²) in [7, 11) is 0. The van der Waals surface area contributed by atoms with Gasteiger partial charge in [-0.1, -0.05) is 0 Å². The van der Waals surface area contributed by atoms with Crippen LogP contribution in [-0.2, 0) is 29.2 Å². The Labute approximate surface area is 256 Å². The van der Waals surface area contributed by atoms with Gasteiger partial charge in [-0.05, 0) is 134 Å². The molecule has 226 valence electrons. The van der Waals surface area contributed by atoms with E-state index in [9.17, 15) is 0 Å². The standard InChI is InChI=1S/C36H45N5O2/c1-24-17-32(37-35(19-24)40-28(5)11-12-29(40)6)21-42-23-34(15-16-39-26(3)9-10-27(39)4)43-22-33-18-25(2)20-36(38-33)41-30(7)13-14-31(41)8/h9-14,17-20,34H,15-16,21-23H2,1-8H3. The van der Waals surface area contributed by atoms with Crippen molar-refractivity contribution in [3.05, 3.63) is 117 Å². The Morgan fingerprint density at radius 2 is 1.02 bits per heavy atom. The summed E-state index contributed by atoms with van der Waals surface area (Å²) >= 11 is 0. The lowest BCUT2D eigenvalue weighted by atomic mass is 10.2. The molecule has 1 unspecified atom stereocenters. The Morgan fingerprint density at radius 1 is 0.581 bits per heavy atom. The van der Waals surface area contributed by atoms with Gasteiger partial charge < -0.3 is 23.2 Å². The number of aromatic nitrogens is 5. The molecule has 0 N–H and O–H groups in total. The van der Waals surface area contributed by atoms with Crippen molar-refractivity contribution in [2.45, 2.75) is 87.7 Å². The van der Waals surface area contributed by atoms with Gasteiger partial charge in [0.2, 0.25) is 0 Å². The van der Waals surface area contributed by atoms with Gasteiger partial charge in [-0.2, -0.15) is 0 Å². The van der Waals surface area contributed by atoms with Crippen LogP contribution >= 0.6 is 0 Å². The van der Waals surface area contributed by atoms with Gasteiger partial charge in [-0.3, -0.25) is 0 Å². The van der Waals surface area contributed by atoms with Crippen LogP contribution < -0.4 is 0 Å². The second-order valence-electron chi connectivity index (χ2n) is 11.9. The largest absolute Gasteiger partial charge is 0.372 e. The van der Waals surface area contributed by atoms with Gasteiger partial charge >= 0.3 is 0 Å². The molecule has 43 heavy (non-hydrogen) atoms. The highest BCUT2D eigenvalue weighted by atomic mass is 16.5. The second-order valence-corrected chi connectivity index (χ2v) is 11.9. The highest BCUT2D eigenvalue weighted by Crippen LogP contribution is 2.20. The number of rotatable bonds is 12. The lowest BCUT2D eigenvalue weighted by Gasteiger charge is -2.20. The van der Waals surface area contributed by atoms with Gasteiger partial charge in [0.15, 0.2) is 0 Å². The summed E-state index contributed by atoms with van der Waals surface area (Å²) in [5.74, 6) is 1.86. The van der Waals surface area contributed by atoms with Gasteiger partial charge in [0.05, 0.1) is 37.3 Å². The average molecular weight is 580 g/mol. The smallest absolute Gasteiger partial charge is 0.137 e. The molecule has 0 aliphatic carbocycles. The minimum absolute atomic E-state index is 0.0970. The Morgan fingerprint density at radius 3 is 1.51 bits per heavy atom. The van der Waals surface area contributed by atoms with E-state index >= 15 is 0 Å². The minimum atomic E-state index is -0.0970. The lowest BCUT2D eigenvalue weighted by Crippen LogP contribution is -2.23. The van der Waals surface area contributed by atoms with Crippen LogP contribution in [0.25, 0.3) is 11.6 Å². The van der Waals surface area contributed by atoms with E-state index in [2.05, 4.69) is 130 Å². The van der Waals surface area contributed by atoms with Crippen molar-refractivity contribution in [2.24, 2.45) is 0 Å². The first-order valence-corrected chi connectivity index (χ1v) is 15.2. The molecule has 0 bridgehead atoms. The van der Waals surface area contributed by atoms with Crippen LogP contribution in [0.4, 0.5) is 0 Å². The second kappa shape index (κ2) is 13.1. The van der Waals surface area contributed by atoms with E-state index in [4.69, 9.17) is 19.4 Å². The molecule has 0 amide bonds. The van der Waals surface area contributed by atoms with Gasteiger partial charge in [0.1, 0.15) is 11.6 Å². The van der Waals surface area contributed by atoms with Crippen LogP contribution in [0.1, 0.15) is 63.1 Å². The molecule has 0 aliphatic heterocycles. The van der Waals surface area contributed by atoms with E-state index in [1.54, 1.807) is 0 Å². The summed E-state index contributed by atoms with van der Waals surface area (Å²) in [6.07, 6.45) is 0.735. The summed E-state index contributed by atoms with van der Waals surface area (Å²) in [6, 6.07) is 21.3. The van der Waals surface area contributed by atoms with E-state index < -0.39 is 0 Å². The van der Waals surface area contributed by atoms with Crippen molar-refractivity contribution in [1.82, 2.24) is 23.7 Å². The van der Waals surface area contributed by atoms with Crippen LogP contribution in [0.2, 0.25) is 0 Å². The maximum atomic E-state index is 6.54. The number of pyridine rings is 2. The quantitative estimate of drug-likeness (QED) is 0.153. The molecule has 5 aromatic heterocycles. The zero-order valence-electron chi connectivity index (χ0n) is 26.9. The molecule has 1 atom stereocenters. The zero-order valence-corrected chi connectivity index (χ0v) is 26.9. The first kappa shape index (κ1) is 30.5. The van der Waals surface area contributed by atoms with Crippen molar-refractivity contribution in [3.63, 3.8) is 0 Å². The van der Waals surface area contributed by atoms with Crippen LogP contribution in [0.3, 0.4) is 0 Å². The van der Waals surface area contributed by atoms with Crippen molar-refractivity contribution < 1.29 is 9.47 Å². The third-order valence-corrected chi connectivity index (χ3v) is 8.13. The molecule has 0 aliphatic rings. The van der Waals surface area contributed by atoms with Crippen molar-refractivity contribution in [2.75, 3.05) is 6.61 Å². The van der Waals surface area contributed by atoms with E-state index in [1.165, 1.54) is 34.2 Å². The molecular formula is C36H45N5O2. The molecule has 0 saturated carbocycles. The Bertz CT molecular complexity index is 1650. The number of nitrogens with zero attached hydrogens (tertiary/aromatic N) is 5. The Balaban J connectivity index is 1.30.